The number of rotatable bonds is 2. The van der Waals surface area contributed by atoms with E-state index in [-0.39, 0.29) is 5.92 Å². The first-order valence-corrected chi connectivity index (χ1v) is 5.20. The van der Waals surface area contributed by atoms with E-state index in [1.807, 2.05) is 31.3 Å². The third-order valence-corrected chi connectivity index (χ3v) is 3.17. The summed E-state index contributed by atoms with van der Waals surface area (Å²) in [5.41, 5.74) is 1.11. The minimum atomic E-state index is 0.233. The third-order valence-electron chi connectivity index (χ3n) is 3.17. The number of hydrogen-bond donors (Lipinski definition) is 0. The van der Waals surface area contributed by atoms with Crippen LogP contribution in [0.2, 0.25) is 0 Å². The number of nitrogens with zero attached hydrogens (tertiary/aromatic N) is 1. The van der Waals surface area contributed by atoms with Crippen molar-refractivity contribution in [2.75, 3.05) is 0 Å². The molecule has 0 bridgehead atoms. The highest BCUT2D eigenvalue weighted by Crippen LogP contribution is 2.30. The van der Waals surface area contributed by atoms with Crippen molar-refractivity contribution in [2.24, 2.45) is 11.8 Å². The molecule has 2 unspecified atom stereocenters. The molecule has 0 amide bonds. The van der Waals surface area contributed by atoms with Crippen LogP contribution in [0.4, 0.5) is 0 Å². The normalized spacial score (nSPS) is 26.8. The number of ketones is 1. The maximum atomic E-state index is 11.4. The fraction of sp³-hybridized carbons (Fsp3) is 0.500. The molecular formula is C12H15NO. The van der Waals surface area contributed by atoms with Gasteiger partial charge in [-0.1, -0.05) is 13.0 Å². The van der Waals surface area contributed by atoms with E-state index in [0.29, 0.717) is 11.7 Å². The standard InChI is InChI=1S/C12H15NO/c1-9-10(5-6-12(9)14)8-11-4-2-3-7-13-11/h2-4,7,9-10H,5-6,8H2,1H3. The second-order valence-corrected chi connectivity index (χ2v) is 4.08. The lowest BCUT2D eigenvalue weighted by atomic mass is 9.93. The zero-order valence-corrected chi connectivity index (χ0v) is 8.44. The molecule has 0 spiro atoms. The monoisotopic (exact) mass is 189 g/mol. The van der Waals surface area contributed by atoms with Gasteiger partial charge in [0.05, 0.1) is 0 Å². The van der Waals surface area contributed by atoms with Gasteiger partial charge in [0.1, 0.15) is 5.78 Å². The zero-order chi connectivity index (χ0) is 9.97. The summed E-state index contributed by atoms with van der Waals surface area (Å²) in [7, 11) is 0. The number of hydrogen-bond acceptors (Lipinski definition) is 2. The van der Waals surface area contributed by atoms with Gasteiger partial charge >= 0.3 is 0 Å². The number of carbonyl (C=O) groups is 1. The molecule has 1 heterocycles. The van der Waals surface area contributed by atoms with Gasteiger partial charge in [-0.15, -0.1) is 0 Å². The SMILES string of the molecule is CC1C(=O)CCC1Cc1ccccn1. The minimum Gasteiger partial charge on any atom is -0.299 e. The molecule has 0 N–H and O–H groups in total. The van der Waals surface area contributed by atoms with Gasteiger partial charge in [0.2, 0.25) is 0 Å². The molecule has 1 fully saturated rings. The van der Waals surface area contributed by atoms with Gasteiger partial charge in [-0.05, 0) is 30.9 Å². The molecule has 2 nitrogen and oxygen atoms in total. The van der Waals surface area contributed by atoms with E-state index in [1.54, 1.807) is 0 Å². The summed E-state index contributed by atoms with van der Waals surface area (Å²) >= 11 is 0. The van der Waals surface area contributed by atoms with Crippen LogP contribution in [0.15, 0.2) is 24.4 Å². The molecule has 1 aliphatic rings. The van der Waals surface area contributed by atoms with Crippen molar-refractivity contribution < 1.29 is 4.79 Å². The van der Waals surface area contributed by atoms with E-state index < -0.39 is 0 Å². The highest BCUT2D eigenvalue weighted by molar-refractivity contribution is 5.83. The Bertz CT molecular complexity index is 320. The van der Waals surface area contributed by atoms with E-state index >= 15 is 0 Å². The van der Waals surface area contributed by atoms with Gasteiger partial charge in [0.25, 0.3) is 0 Å². The van der Waals surface area contributed by atoms with Crippen molar-refractivity contribution in [3.8, 4) is 0 Å². The van der Waals surface area contributed by atoms with E-state index in [0.717, 1.165) is 25.0 Å². The Labute approximate surface area is 84.4 Å². The second-order valence-electron chi connectivity index (χ2n) is 4.08. The van der Waals surface area contributed by atoms with Gasteiger partial charge in [-0.2, -0.15) is 0 Å². The Hall–Kier alpha value is -1.18. The Morgan fingerprint density at radius 1 is 1.50 bits per heavy atom. The minimum absolute atomic E-state index is 0.233. The first-order chi connectivity index (χ1) is 6.77. The predicted molar refractivity (Wildman–Crippen MR) is 54.8 cm³/mol. The molecule has 0 radical (unpaired) electrons. The summed E-state index contributed by atoms with van der Waals surface area (Å²) in [6.45, 7) is 2.04. The van der Waals surface area contributed by atoms with Crippen molar-refractivity contribution in [3.05, 3.63) is 30.1 Å². The quantitative estimate of drug-likeness (QED) is 0.714. The maximum absolute atomic E-state index is 11.4. The molecule has 0 saturated heterocycles. The van der Waals surface area contributed by atoms with Crippen molar-refractivity contribution >= 4 is 5.78 Å². The first kappa shape index (κ1) is 9.38. The molecule has 1 aromatic heterocycles. The molecule has 0 aliphatic heterocycles. The maximum Gasteiger partial charge on any atom is 0.136 e. The summed E-state index contributed by atoms with van der Waals surface area (Å²) in [5.74, 6) is 1.17. The lowest BCUT2D eigenvalue weighted by molar-refractivity contribution is -0.120. The van der Waals surface area contributed by atoms with Crippen LogP contribution < -0.4 is 0 Å². The molecule has 0 aromatic carbocycles. The number of aromatic nitrogens is 1. The Kier molecular flexibility index (Phi) is 2.62. The van der Waals surface area contributed by atoms with Crippen molar-refractivity contribution in [2.45, 2.75) is 26.2 Å². The third kappa shape index (κ3) is 1.84. The highest BCUT2D eigenvalue weighted by Gasteiger charge is 2.30. The van der Waals surface area contributed by atoms with Crippen LogP contribution in [-0.2, 0) is 11.2 Å². The molecule has 1 aromatic rings. The van der Waals surface area contributed by atoms with Gasteiger partial charge in [0.15, 0.2) is 0 Å². The molecular weight excluding hydrogens is 174 g/mol. The van der Waals surface area contributed by atoms with Gasteiger partial charge in [0, 0.05) is 24.2 Å². The largest absolute Gasteiger partial charge is 0.299 e. The molecule has 2 atom stereocenters. The Morgan fingerprint density at radius 3 is 2.93 bits per heavy atom. The van der Waals surface area contributed by atoms with Gasteiger partial charge < -0.3 is 0 Å². The van der Waals surface area contributed by atoms with Gasteiger partial charge in [-0.25, -0.2) is 0 Å². The number of carbonyl (C=O) groups excluding carboxylic acids is 1. The fourth-order valence-corrected chi connectivity index (χ4v) is 2.13. The molecule has 1 saturated carbocycles. The summed E-state index contributed by atoms with van der Waals surface area (Å²) in [5, 5.41) is 0. The van der Waals surface area contributed by atoms with Gasteiger partial charge in [-0.3, -0.25) is 9.78 Å². The van der Waals surface area contributed by atoms with E-state index in [4.69, 9.17) is 0 Å². The summed E-state index contributed by atoms with van der Waals surface area (Å²) in [6.07, 6.45) is 4.57. The van der Waals surface area contributed by atoms with E-state index in [9.17, 15) is 4.79 Å². The number of Topliss-reactive ketones (excluding diaryl/α,β-unsaturated/α-hetero) is 1. The average molecular weight is 189 g/mol. The van der Waals surface area contributed by atoms with Crippen LogP contribution in [0.3, 0.4) is 0 Å². The van der Waals surface area contributed by atoms with Crippen LogP contribution in [0.5, 0.6) is 0 Å². The van der Waals surface area contributed by atoms with E-state index in [1.165, 1.54) is 0 Å². The van der Waals surface area contributed by atoms with Crippen LogP contribution in [0.1, 0.15) is 25.5 Å². The zero-order valence-electron chi connectivity index (χ0n) is 8.44. The Balaban J connectivity index is 2.02. The van der Waals surface area contributed by atoms with Crippen LogP contribution in [0, 0.1) is 11.8 Å². The van der Waals surface area contributed by atoms with Crippen molar-refractivity contribution in [1.82, 2.24) is 4.98 Å². The molecule has 74 valence electrons. The average Bonchev–Trinajstić information content (AvgIpc) is 2.52. The summed E-state index contributed by atoms with van der Waals surface area (Å²) in [6, 6.07) is 5.96. The second kappa shape index (κ2) is 3.91. The highest BCUT2D eigenvalue weighted by atomic mass is 16.1. The fourth-order valence-electron chi connectivity index (χ4n) is 2.13. The van der Waals surface area contributed by atoms with Crippen molar-refractivity contribution in [3.63, 3.8) is 0 Å². The molecule has 1 aliphatic carbocycles. The summed E-state index contributed by atoms with van der Waals surface area (Å²) in [4.78, 5) is 15.6. The first-order valence-electron chi connectivity index (χ1n) is 5.20. The van der Waals surface area contributed by atoms with Crippen LogP contribution in [-0.4, -0.2) is 10.8 Å². The van der Waals surface area contributed by atoms with Crippen LogP contribution in [0.25, 0.3) is 0 Å². The topological polar surface area (TPSA) is 30.0 Å². The van der Waals surface area contributed by atoms with Crippen molar-refractivity contribution in [1.29, 1.82) is 0 Å². The lowest BCUT2D eigenvalue weighted by Gasteiger charge is -2.12. The smallest absolute Gasteiger partial charge is 0.136 e. The Morgan fingerprint density at radius 2 is 2.36 bits per heavy atom. The van der Waals surface area contributed by atoms with E-state index in [2.05, 4.69) is 4.98 Å². The lowest BCUT2D eigenvalue weighted by Crippen LogP contribution is -2.13. The predicted octanol–water partition coefficient (Wildman–Crippen LogP) is 2.24. The molecule has 14 heavy (non-hydrogen) atoms. The number of pyridine rings is 1. The van der Waals surface area contributed by atoms with Crippen LogP contribution >= 0.6 is 0 Å². The summed E-state index contributed by atoms with van der Waals surface area (Å²) < 4.78 is 0. The molecule has 2 heteroatoms. The molecule has 2 rings (SSSR count).